The van der Waals surface area contributed by atoms with Gasteiger partial charge in [0.1, 0.15) is 0 Å². The zero-order valence-electron chi connectivity index (χ0n) is 18.5. The Balaban J connectivity index is 1.58. The molecule has 0 radical (unpaired) electrons. The number of pyridine rings is 1. The third kappa shape index (κ3) is 4.16. The third-order valence-corrected chi connectivity index (χ3v) is 6.71. The molecule has 5 rings (SSSR count). The summed E-state index contributed by atoms with van der Waals surface area (Å²) in [6.45, 7) is 7.23. The Labute approximate surface area is 200 Å². The number of aryl methyl sites for hydroxylation is 1. The van der Waals surface area contributed by atoms with Gasteiger partial charge in [0.25, 0.3) is 5.91 Å². The molecule has 0 bridgehead atoms. The Hall–Kier alpha value is -3.10. The highest BCUT2D eigenvalue weighted by Crippen LogP contribution is 2.38. The summed E-state index contributed by atoms with van der Waals surface area (Å²) >= 11 is 8.10. The van der Waals surface area contributed by atoms with Crippen LogP contribution in [0.3, 0.4) is 0 Å². The molecule has 0 fully saturated rings. The third-order valence-electron chi connectivity index (χ3n) is 5.38. The van der Waals surface area contributed by atoms with Gasteiger partial charge in [0, 0.05) is 29.5 Å². The van der Waals surface area contributed by atoms with E-state index < -0.39 is 0 Å². The van der Waals surface area contributed by atoms with E-state index in [1.165, 1.54) is 4.88 Å². The number of nitrogens with zero attached hydrogens (tertiary/aromatic N) is 3. The number of anilines is 1. The van der Waals surface area contributed by atoms with Gasteiger partial charge in [-0.3, -0.25) is 4.79 Å². The van der Waals surface area contributed by atoms with Crippen LogP contribution < -0.4 is 14.8 Å². The first-order chi connectivity index (χ1) is 15.9. The molecule has 1 N–H and O–H groups in total. The molecule has 170 valence electrons. The first kappa shape index (κ1) is 21.7. The molecule has 0 unspecified atom stereocenters. The van der Waals surface area contributed by atoms with Crippen LogP contribution in [0.25, 0.3) is 21.6 Å². The van der Waals surface area contributed by atoms with Crippen LogP contribution in [0.1, 0.15) is 41.5 Å². The fraction of sp³-hybridized carbons (Fsp3) is 0.292. The number of ether oxygens (including phenoxy) is 2. The average molecular weight is 483 g/mol. The maximum absolute atomic E-state index is 13.5. The lowest BCUT2D eigenvalue weighted by Crippen LogP contribution is -2.14. The summed E-state index contributed by atoms with van der Waals surface area (Å²) in [5.74, 6) is 0.849. The van der Waals surface area contributed by atoms with Gasteiger partial charge in [-0.15, -0.1) is 11.3 Å². The molecule has 7 nitrogen and oxygen atoms in total. The van der Waals surface area contributed by atoms with Crippen LogP contribution in [-0.2, 0) is 0 Å². The lowest BCUT2D eigenvalue weighted by molar-refractivity contribution is 0.102. The minimum Gasteiger partial charge on any atom is -0.490 e. The average Bonchev–Trinajstić information content (AvgIpc) is 3.34. The number of halogens is 1. The zero-order chi connectivity index (χ0) is 23.1. The van der Waals surface area contributed by atoms with Gasteiger partial charge < -0.3 is 14.8 Å². The van der Waals surface area contributed by atoms with Crippen LogP contribution in [0.15, 0.2) is 36.5 Å². The van der Waals surface area contributed by atoms with Crippen molar-refractivity contribution in [2.24, 2.45) is 0 Å². The number of rotatable bonds is 4. The van der Waals surface area contributed by atoms with Crippen molar-refractivity contribution in [2.75, 3.05) is 18.5 Å². The fourth-order valence-electron chi connectivity index (χ4n) is 3.75. The van der Waals surface area contributed by atoms with E-state index in [9.17, 15) is 4.79 Å². The van der Waals surface area contributed by atoms with E-state index in [0.29, 0.717) is 52.0 Å². The van der Waals surface area contributed by atoms with E-state index in [-0.39, 0.29) is 11.9 Å². The number of thiophene rings is 1. The smallest absolute Gasteiger partial charge is 0.256 e. The molecule has 9 heteroatoms. The number of carbonyl (C=O) groups is 1. The first-order valence-corrected chi connectivity index (χ1v) is 12.0. The molecule has 0 aliphatic carbocycles. The predicted octanol–water partition coefficient (Wildman–Crippen LogP) is 6.12. The highest BCUT2D eigenvalue weighted by molar-refractivity contribution is 7.15. The Morgan fingerprint density at radius 2 is 1.94 bits per heavy atom. The van der Waals surface area contributed by atoms with Crippen molar-refractivity contribution in [1.29, 1.82) is 0 Å². The molecular weight excluding hydrogens is 460 g/mol. The second kappa shape index (κ2) is 8.68. The van der Waals surface area contributed by atoms with Crippen molar-refractivity contribution in [1.82, 2.24) is 14.8 Å². The molecule has 1 amide bonds. The first-order valence-electron chi connectivity index (χ1n) is 10.8. The van der Waals surface area contributed by atoms with E-state index >= 15 is 0 Å². The molecule has 4 heterocycles. The number of fused-ring (bicyclic) bond motifs is 2. The number of nitrogens with one attached hydrogen (secondary N) is 1. The van der Waals surface area contributed by atoms with Gasteiger partial charge in [0.15, 0.2) is 17.1 Å². The van der Waals surface area contributed by atoms with E-state index in [1.807, 2.05) is 43.7 Å². The van der Waals surface area contributed by atoms with E-state index in [0.717, 1.165) is 17.0 Å². The molecule has 0 spiro atoms. The predicted molar refractivity (Wildman–Crippen MR) is 131 cm³/mol. The van der Waals surface area contributed by atoms with E-state index in [2.05, 4.69) is 10.4 Å². The van der Waals surface area contributed by atoms with Crippen molar-refractivity contribution in [3.63, 3.8) is 0 Å². The number of carbonyl (C=O) groups excluding carboxylic acids is 1. The van der Waals surface area contributed by atoms with Crippen LogP contribution in [0.2, 0.25) is 5.02 Å². The summed E-state index contributed by atoms with van der Waals surface area (Å²) in [6.07, 6.45) is 2.48. The normalized spacial score (nSPS) is 13.4. The van der Waals surface area contributed by atoms with Gasteiger partial charge in [-0.05, 0) is 39.0 Å². The number of hydrogen-bond acceptors (Lipinski definition) is 6. The summed E-state index contributed by atoms with van der Waals surface area (Å²) < 4.78 is 13.3. The number of hydrogen-bond donors (Lipinski definition) is 1. The molecule has 3 aromatic heterocycles. The maximum Gasteiger partial charge on any atom is 0.256 e. The summed E-state index contributed by atoms with van der Waals surface area (Å²) in [5, 5.41) is 8.49. The highest BCUT2D eigenvalue weighted by atomic mass is 35.5. The lowest BCUT2D eigenvalue weighted by atomic mass is 10.1. The van der Waals surface area contributed by atoms with Crippen LogP contribution in [0.4, 0.5) is 5.69 Å². The molecule has 0 atom stereocenters. The highest BCUT2D eigenvalue weighted by Gasteiger charge is 2.21. The lowest BCUT2D eigenvalue weighted by Gasteiger charge is -2.13. The molecule has 4 aromatic rings. The largest absolute Gasteiger partial charge is 0.490 e. The van der Waals surface area contributed by atoms with Gasteiger partial charge in [-0.2, -0.15) is 5.10 Å². The van der Waals surface area contributed by atoms with Crippen molar-refractivity contribution >= 4 is 45.6 Å². The Bertz CT molecular complexity index is 1360. The van der Waals surface area contributed by atoms with Crippen molar-refractivity contribution in [3.8, 4) is 22.1 Å². The Morgan fingerprint density at radius 3 is 2.64 bits per heavy atom. The molecule has 1 aliphatic rings. The summed E-state index contributed by atoms with van der Waals surface area (Å²) in [5.41, 5.74) is 2.35. The van der Waals surface area contributed by atoms with Crippen LogP contribution in [0.5, 0.6) is 11.5 Å². The number of amides is 1. The molecular formula is C24H23ClN4O3S. The van der Waals surface area contributed by atoms with Crippen molar-refractivity contribution in [3.05, 3.63) is 52.0 Å². The summed E-state index contributed by atoms with van der Waals surface area (Å²) in [6, 6.07) is 9.36. The van der Waals surface area contributed by atoms with E-state index in [4.69, 9.17) is 26.1 Å². The Morgan fingerprint density at radius 1 is 1.18 bits per heavy atom. The minimum absolute atomic E-state index is 0.0995. The van der Waals surface area contributed by atoms with Crippen LogP contribution >= 0.6 is 22.9 Å². The van der Waals surface area contributed by atoms with Crippen LogP contribution in [0, 0.1) is 6.92 Å². The zero-order valence-corrected chi connectivity index (χ0v) is 20.1. The quantitative estimate of drug-likeness (QED) is 0.379. The molecule has 1 aromatic carbocycles. The molecule has 1 aliphatic heterocycles. The SMILES string of the molecule is Cc1ccc(-c2cc(C(=O)Nc3cc4c(cc3Cl)OCCCO4)c3cnn(C(C)C)c3n2)s1. The summed E-state index contributed by atoms with van der Waals surface area (Å²) in [7, 11) is 0. The standard InChI is InChI=1S/C24H23ClN4O3S/c1-13(2)29-23-16(12-26-29)15(9-19(27-23)22-6-5-14(3)33-22)24(30)28-18-11-21-20(10-17(18)25)31-7-4-8-32-21/h5-6,9-13H,4,7-8H2,1-3H3,(H,28,30). The second-order valence-corrected chi connectivity index (χ2v) is 9.86. The van der Waals surface area contributed by atoms with Gasteiger partial charge in [0.05, 0.1) is 51.6 Å². The van der Waals surface area contributed by atoms with Crippen molar-refractivity contribution < 1.29 is 14.3 Å². The fourth-order valence-corrected chi connectivity index (χ4v) is 4.78. The van der Waals surface area contributed by atoms with E-state index in [1.54, 1.807) is 29.7 Å². The monoisotopic (exact) mass is 482 g/mol. The summed E-state index contributed by atoms with van der Waals surface area (Å²) in [4.78, 5) is 20.5. The van der Waals surface area contributed by atoms with Crippen molar-refractivity contribution in [2.45, 2.75) is 33.2 Å². The Kier molecular flexibility index (Phi) is 5.72. The number of aromatic nitrogens is 3. The topological polar surface area (TPSA) is 78.3 Å². The van der Waals surface area contributed by atoms with Gasteiger partial charge in [-0.1, -0.05) is 11.6 Å². The maximum atomic E-state index is 13.5. The second-order valence-electron chi connectivity index (χ2n) is 8.17. The molecule has 0 saturated heterocycles. The minimum atomic E-state index is -0.295. The van der Waals surface area contributed by atoms with Gasteiger partial charge in [0.2, 0.25) is 0 Å². The molecule has 0 saturated carbocycles. The number of benzene rings is 1. The van der Waals surface area contributed by atoms with Gasteiger partial charge >= 0.3 is 0 Å². The molecule has 33 heavy (non-hydrogen) atoms. The van der Waals surface area contributed by atoms with Crippen LogP contribution in [-0.4, -0.2) is 33.9 Å². The van der Waals surface area contributed by atoms with Gasteiger partial charge in [-0.25, -0.2) is 9.67 Å².